The van der Waals surface area contributed by atoms with Gasteiger partial charge in [0.2, 0.25) is 0 Å². The van der Waals surface area contributed by atoms with Crippen LogP contribution in [0.1, 0.15) is 37.0 Å². The molecule has 1 N–H and O–H groups in total. The molecule has 0 saturated heterocycles. The van der Waals surface area contributed by atoms with Gasteiger partial charge in [0.05, 0.1) is 27.6 Å². The van der Waals surface area contributed by atoms with Crippen LogP contribution in [0.5, 0.6) is 0 Å². The molecule has 0 fully saturated rings. The van der Waals surface area contributed by atoms with Crippen LogP contribution in [0.15, 0.2) is 23.1 Å². The van der Waals surface area contributed by atoms with Crippen molar-refractivity contribution in [2.75, 3.05) is 7.05 Å². The van der Waals surface area contributed by atoms with E-state index < -0.39 is 0 Å². The second kappa shape index (κ2) is 6.95. The maximum Gasteiger partial charge on any atom is 0.0766 e. The van der Waals surface area contributed by atoms with E-state index in [9.17, 15) is 0 Å². The molecular formula is C14H20BrN5. The molecule has 5 nitrogen and oxygen atoms in total. The Morgan fingerprint density at radius 3 is 2.70 bits per heavy atom. The SMILES string of the molecule is CCc1nn(CC)c(CC(NC)c2cnccn2)c1Br. The van der Waals surface area contributed by atoms with Gasteiger partial charge < -0.3 is 5.32 Å². The third-order valence-corrected chi connectivity index (χ3v) is 4.30. The van der Waals surface area contributed by atoms with Crippen molar-refractivity contribution in [3.63, 3.8) is 0 Å². The highest BCUT2D eigenvalue weighted by Gasteiger charge is 2.19. The molecule has 0 saturated carbocycles. The smallest absolute Gasteiger partial charge is 0.0766 e. The quantitative estimate of drug-likeness (QED) is 0.879. The Labute approximate surface area is 128 Å². The summed E-state index contributed by atoms with van der Waals surface area (Å²) in [6.45, 7) is 5.10. The minimum absolute atomic E-state index is 0.131. The predicted octanol–water partition coefficient (Wildman–Crippen LogP) is 2.52. The highest BCUT2D eigenvalue weighted by Crippen LogP contribution is 2.26. The molecule has 0 aromatic carbocycles. The van der Waals surface area contributed by atoms with Gasteiger partial charge in [-0.3, -0.25) is 14.6 Å². The van der Waals surface area contributed by atoms with Gasteiger partial charge in [0.25, 0.3) is 0 Å². The molecule has 0 aliphatic carbocycles. The first-order valence-corrected chi connectivity index (χ1v) is 7.67. The maximum absolute atomic E-state index is 4.63. The standard InChI is InChI=1S/C14H20BrN5/c1-4-10-14(15)13(20(5-2)19-10)8-11(16-3)12-9-17-6-7-18-12/h6-7,9,11,16H,4-5,8H2,1-3H3. The fraction of sp³-hybridized carbons (Fsp3) is 0.500. The van der Waals surface area contributed by atoms with Crippen LogP contribution in [0.25, 0.3) is 0 Å². The highest BCUT2D eigenvalue weighted by atomic mass is 79.9. The molecule has 0 aliphatic rings. The lowest BCUT2D eigenvalue weighted by atomic mass is 10.1. The molecule has 0 spiro atoms. The van der Waals surface area contributed by atoms with Crippen LogP contribution < -0.4 is 5.32 Å². The average Bonchev–Trinajstić information content (AvgIpc) is 2.81. The topological polar surface area (TPSA) is 55.6 Å². The molecule has 0 amide bonds. The summed E-state index contributed by atoms with van der Waals surface area (Å²) < 4.78 is 3.18. The Morgan fingerprint density at radius 1 is 1.35 bits per heavy atom. The minimum atomic E-state index is 0.131. The fourth-order valence-electron chi connectivity index (χ4n) is 2.25. The molecule has 0 bridgehead atoms. The Hall–Kier alpha value is -1.27. The number of aryl methyl sites for hydroxylation is 2. The fourth-order valence-corrected chi connectivity index (χ4v) is 2.98. The summed E-state index contributed by atoms with van der Waals surface area (Å²) in [7, 11) is 1.95. The van der Waals surface area contributed by atoms with Crippen LogP contribution in [0.3, 0.4) is 0 Å². The van der Waals surface area contributed by atoms with Crippen LogP contribution in [0.2, 0.25) is 0 Å². The van der Waals surface area contributed by atoms with Gasteiger partial charge in [-0.2, -0.15) is 5.10 Å². The summed E-state index contributed by atoms with van der Waals surface area (Å²) in [5, 5.41) is 7.94. The maximum atomic E-state index is 4.63. The predicted molar refractivity (Wildman–Crippen MR) is 82.5 cm³/mol. The molecule has 0 radical (unpaired) electrons. The van der Waals surface area contributed by atoms with Crippen LogP contribution in [0.4, 0.5) is 0 Å². The highest BCUT2D eigenvalue weighted by molar-refractivity contribution is 9.10. The third kappa shape index (κ3) is 3.07. The molecule has 2 aromatic rings. The van der Waals surface area contributed by atoms with E-state index in [1.165, 1.54) is 5.69 Å². The first kappa shape index (κ1) is 15.1. The van der Waals surface area contributed by atoms with E-state index in [4.69, 9.17) is 0 Å². The van der Waals surface area contributed by atoms with E-state index >= 15 is 0 Å². The number of likely N-dealkylation sites (N-methyl/N-ethyl adjacent to an activating group) is 1. The van der Waals surface area contributed by atoms with Crippen LogP contribution >= 0.6 is 15.9 Å². The van der Waals surface area contributed by atoms with E-state index in [2.05, 4.69) is 54.8 Å². The van der Waals surface area contributed by atoms with Crippen molar-refractivity contribution in [1.29, 1.82) is 0 Å². The zero-order chi connectivity index (χ0) is 14.5. The Balaban J connectivity index is 2.30. The van der Waals surface area contributed by atoms with Crippen molar-refractivity contribution >= 4 is 15.9 Å². The molecular weight excluding hydrogens is 318 g/mol. The van der Waals surface area contributed by atoms with E-state index in [1.807, 2.05) is 13.2 Å². The van der Waals surface area contributed by atoms with Gasteiger partial charge in [-0.1, -0.05) is 6.92 Å². The van der Waals surface area contributed by atoms with Crippen LogP contribution in [0, 0.1) is 0 Å². The number of nitrogens with one attached hydrogen (secondary N) is 1. The first-order chi connectivity index (χ1) is 9.71. The lowest BCUT2D eigenvalue weighted by Gasteiger charge is -2.16. The minimum Gasteiger partial charge on any atom is -0.311 e. The molecule has 108 valence electrons. The van der Waals surface area contributed by atoms with E-state index in [-0.39, 0.29) is 6.04 Å². The summed E-state index contributed by atoms with van der Waals surface area (Å²) in [5.74, 6) is 0. The van der Waals surface area contributed by atoms with Crippen molar-refractivity contribution in [2.45, 2.75) is 39.3 Å². The van der Waals surface area contributed by atoms with Crippen LogP contribution in [-0.4, -0.2) is 26.8 Å². The molecule has 2 aromatic heterocycles. The summed E-state index contributed by atoms with van der Waals surface area (Å²) in [6, 6.07) is 0.131. The number of nitrogens with zero attached hydrogens (tertiary/aromatic N) is 4. The number of rotatable bonds is 6. The van der Waals surface area contributed by atoms with Gasteiger partial charge in [-0.25, -0.2) is 0 Å². The summed E-state index contributed by atoms with van der Waals surface area (Å²) >= 11 is 3.69. The van der Waals surface area contributed by atoms with Crippen molar-refractivity contribution in [3.05, 3.63) is 40.1 Å². The normalized spacial score (nSPS) is 12.6. The number of halogens is 1. The van der Waals surface area contributed by atoms with Gasteiger partial charge in [0.1, 0.15) is 0 Å². The van der Waals surface area contributed by atoms with Crippen molar-refractivity contribution in [3.8, 4) is 0 Å². The van der Waals surface area contributed by atoms with Crippen LogP contribution in [-0.2, 0) is 19.4 Å². The summed E-state index contributed by atoms with van der Waals surface area (Å²) in [4.78, 5) is 8.53. The lowest BCUT2D eigenvalue weighted by Crippen LogP contribution is -2.22. The van der Waals surface area contributed by atoms with Crippen molar-refractivity contribution in [1.82, 2.24) is 25.1 Å². The zero-order valence-electron chi connectivity index (χ0n) is 12.1. The number of hydrogen-bond donors (Lipinski definition) is 1. The molecule has 0 aliphatic heterocycles. The molecule has 1 unspecified atom stereocenters. The lowest BCUT2D eigenvalue weighted by molar-refractivity contribution is 0.528. The van der Waals surface area contributed by atoms with E-state index in [0.717, 1.165) is 35.2 Å². The monoisotopic (exact) mass is 337 g/mol. The van der Waals surface area contributed by atoms with Gasteiger partial charge in [0, 0.05) is 31.6 Å². The van der Waals surface area contributed by atoms with E-state index in [1.54, 1.807) is 12.4 Å². The largest absolute Gasteiger partial charge is 0.311 e. The van der Waals surface area contributed by atoms with Gasteiger partial charge >= 0.3 is 0 Å². The molecule has 20 heavy (non-hydrogen) atoms. The van der Waals surface area contributed by atoms with E-state index in [0.29, 0.717) is 0 Å². The van der Waals surface area contributed by atoms with Gasteiger partial charge in [-0.05, 0) is 36.3 Å². The second-order valence-electron chi connectivity index (χ2n) is 4.55. The molecule has 1 atom stereocenters. The molecule has 2 rings (SSSR count). The van der Waals surface area contributed by atoms with Gasteiger partial charge in [-0.15, -0.1) is 0 Å². The summed E-state index contributed by atoms with van der Waals surface area (Å²) in [6.07, 6.45) is 6.98. The molecule has 6 heteroatoms. The van der Waals surface area contributed by atoms with Crippen molar-refractivity contribution < 1.29 is 0 Å². The third-order valence-electron chi connectivity index (χ3n) is 3.38. The summed E-state index contributed by atoms with van der Waals surface area (Å²) in [5.41, 5.74) is 3.26. The number of hydrogen-bond acceptors (Lipinski definition) is 4. The number of aromatic nitrogens is 4. The Bertz CT molecular complexity index is 552. The Kier molecular flexibility index (Phi) is 5.25. The zero-order valence-corrected chi connectivity index (χ0v) is 13.7. The second-order valence-corrected chi connectivity index (χ2v) is 5.35. The Morgan fingerprint density at radius 2 is 2.15 bits per heavy atom. The average molecular weight is 338 g/mol. The van der Waals surface area contributed by atoms with Crippen molar-refractivity contribution in [2.24, 2.45) is 0 Å². The molecule has 2 heterocycles. The van der Waals surface area contributed by atoms with Gasteiger partial charge in [0.15, 0.2) is 0 Å². The first-order valence-electron chi connectivity index (χ1n) is 6.88.